The Balaban J connectivity index is 1.68. The molecule has 0 radical (unpaired) electrons. The van der Waals surface area contributed by atoms with Gasteiger partial charge in [0.05, 0.1) is 11.9 Å². The molecule has 2 aromatic rings. The molecule has 2 rings (SSSR count). The number of hydrogen-bond donors (Lipinski definition) is 3. The molecule has 23 heavy (non-hydrogen) atoms. The average molecular weight is 330 g/mol. The van der Waals surface area contributed by atoms with Crippen LogP contribution in [-0.2, 0) is 4.79 Å². The Hall–Kier alpha value is -2.31. The summed E-state index contributed by atoms with van der Waals surface area (Å²) < 4.78 is 0. The van der Waals surface area contributed by atoms with E-state index in [2.05, 4.69) is 10.6 Å². The third kappa shape index (κ3) is 6.14. The number of thioether (sulfide) groups is 1. The van der Waals surface area contributed by atoms with Crippen LogP contribution in [0.5, 0.6) is 0 Å². The van der Waals surface area contributed by atoms with Gasteiger partial charge >= 0.3 is 6.03 Å². The summed E-state index contributed by atoms with van der Waals surface area (Å²) in [6.45, 7) is 0. The van der Waals surface area contributed by atoms with Crippen molar-refractivity contribution < 1.29 is 14.7 Å². The van der Waals surface area contributed by atoms with Gasteiger partial charge in [0.1, 0.15) is 0 Å². The van der Waals surface area contributed by atoms with Gasteiger partial charge < -0.3 is 10.4 Å². The molecule has 0 aliphatic heterocycles. The molecule has 0 aliphatic carbocycles. The highest BCUT2D eigenvalue weighted by Gasteiger charge is 2.11. The summed E-state index contributed by atoms with van der Waals surface area (Å²) in [5.74, 6) is 0.0906. The Bertz CT molecular complexity index is 635. The number of imide groups is 1. The number of aliphatic hydroxyl groups excluding tert-OH is 1. The van der Waals surface area contributed by atoms with Gasteiger partial charge in [0.2, 0.25) is 5.91 Å². The number of hydrogen-bond acceptors (Lipinski definition) is 4. The Morgan fingerprint density at radius 3 is 2.26 bits per heavy atom. The smallest absolute Gasteiger partial charge is 0.325 e. The van der Waals surface area contributed by atoms with Gasteiger partial charge in [-0.3, -0.25) is 10.1 Å². The van der Waals surface area contributed by atoms with Crippen LogP contribution in [0.3, 0.4) is 0 Å². The van der Waals surface area contributed by atoms with Gasteiger partial charge in [-0.25, -0.2) is 4.79 Å². The standard InChI is InChI=1S/C17H18N2O3S/c20-15(13-7-3-1-4-8-13)11-23-12-16(21)19-17(22)18-14-9-5-2-6-10-14/h1-10,15,20H,11-12H2,(H2,18,19,21,22)/t15-/m1/s1. The van der Waals surface area contributed by atoms with Crippen LogP contribution >= 0.6 is 11.8 Å². The maximum Gasteiger partial charge on any atom is 0.325 e. The zero-order valence-corrected chi connectivity index (χ0v) is 13.3. The molecule has 3 N–H and O–H groups in total. The number of anilines is 1. The lowest BCUT2D eigenvalue weighted by Crippen LogP contribution is -2.35. The van der Waals surface area contributed by atoms with Gasteiger partial charge in [-0.15, -0.1) is 11.8 Å². The number of rotatable bonds is 6. The minimum atomic E-state index is -0.632. The number of nitrogens with one attached hydrogen (secondary N) is 2. The topological polar surface area (TPSA) is 78.4 Å². The molecular formula is C17H18N2O3S. The molecule has 2 aromatic carbocycles. The van der Waals surface area contributed by atoms with Crippen LogP contribution in [0.4, 0.5) is 10.5 Å². The molecule has 0 aliphatic rings. The van der Waals surface area contributed by atoms with Crippen molar-refractivity contribution in [3.8, 4) is 0 Å². The summed E-state index contributed by atoms with van der Waals surface area (Å²) >= 11 is 1.27. The van der Waals surface area contributed by atoms with E-state index >= 15 is 0 Å². The zero-order chi connectivity index (χ0) is 16.5. The molecular weight excluding hydrogens is 312 g/mol. The van der Waals surface area contributed by atoms with E-state index in [1.165, 1.54) is 11.8 Å². The predicted octanol–water partition coefficient (Wildman–Crippen LogP) is 2.80. The fraction of sp³-hybridized carbons (Fsp3) is 0.176. The number of benzene rings is 2. The molecule has 0 spiro atoms. The number of aliphatic hydroxyl groups is 1. The lowest BCUT2D eigenvalue weighted by Gasteiger charge is -2.10. The van der Waals surface area contributed by atoms with Crippen molar-refractivity contribution in [3.63, 3.8) is 0 Å². The van der Waals surface area contributed by atoms with E-state index in [4.69, 9.17) is 0 Å². The third-order valence-corrected chi connectivity index (χ3v) is 4.00. The number of carbonyl (C=O) groups is 2. The Morgan fingerprint density at radius 2 is 1.61 bits per heavy atom. The molecule has 5 nitrogen and oxygen atoms in total. The van der Waals surface area contributed by atoms with Crippen LogP contribution in [0, 0.1) is 0 Å². The van der Waals surface area contributed by atoms with Crippen molar-refractivity contribution in [1.29, 1.82) is 0 Å². The highest BCUT2D eigenvalue weighted by Crippen LogP contribution is 2.17. The van der Waals surface area contributed by atoms with Crippen molar-refractivity contribution in [2.45, 2.75) is 6.10 Å². The molecule has 6 heteroatoms. The second-order valence-electron chi connectivity index (χ2n) is 4.81. The second kappa shape index (κ2) is 8.97. The Morgan fingerprint density at radius 1 is 1.00 bits per heavy atom. The molecule has 0 saturated carbocycles. The Labute approximate surface area is 139 Å². The van der Waals surface area contributed by atoms with Crippen LogP contribution < -0.4 is 10.6 Å². The molecule has 0 bridgehead atoms. The second-order valence-corrected chi connectivity index (χ2v) is 5.84. The minimum absolute atomic E-state index is 0.103. The van der Waals surface area contributed by atoms with Crippen LogP contribution in [-0.4, -0.2) is 28.6 Å². The van der Waals surface area contributed by atoms with Crippen molar-refractivity contribution in [2.75, 3.05) is 16.8 Å². The summed E-state index contributed by atoms with van der Waals surface area (Å²) in [6.07, 6.45) is -0.632. The first-order valence-electron chi connectivity index (χ1n) is 7.12. The molecule has 120 valence electrons. The first-order valence-corrected chi connectivity index (χ1v) is 8.27. The summed E-state index contributed by atoms with van der Waals surface area (Å²) in [5.41, 5.74) is 1.42. The summed E-state index contributed by atoms with van der Waals surface area (Å²) in [6, 6.07) is 17.6. The normalized spacial score (nSPS) is 11.5. The maximum atomic E-state index is 11.7. The van der Waals surface area contributed by atoms with E-state index in [9.17, 15) is 14.7 Å². The first kappa shape index (κ1) is 17.1. The number of carbonyl (C=O) groups excluding carboxylic acids is 2. The minimum Gasteiger partial charge on any atom is -0.388 e. The summed E-state index contributed by atoms with van der Waals surface area (Å²) in [7, 11) is 0. The van der Waals surface area contributed by atoms with E-state index in [1.807, 2.05) is 36.4 Å². The molecule has 0 aromatic heterocycles. The largest absolute Gasteiger partial charge is 0.388 e. The highest BCUT2D eigenvalue weighted by atomic mass is 32.2. The van der Waals surface area contributed by atoms with Crippen LogP contribution in [0.1, 0.15) is 11.7 Å². The van der Waals surface area contributed by atoms with E-state index in [-0.39, 0.29) is 5.75 Å². The van der Waals surface area contributed by atoms with Gasteiger partial charge in [-0.1, -0.05) is 48.5 Å². The zero-order valence-electron chi connectivity index (χ0n) is 12.4. The van der Waals surface area contributed by atoms with Crippen molar-refractivity contribution in [3.05, 3.63) is 66.2 Å². The quantitative estimate of drug-likeness (QED) is 0.761. The summed E-state index contributed by atoms with van der Waals surface area (Å²) in [4.78, 5) is 23.3. The average Bonchev–Trinajstić information content (AvgIpc) is 2.56. The van der Waals surface area contributed by atoms with Gasteiger partial charge in [0.15, 0.2) is 0 Å². The van der Waals surface area contributed by atoms with Crippen LogP contribution in [0.15, 0.2) is 60.7 Å². The predicted molar refractivity (Wildman–Crippen MR) is 92.3 cm³/mol. The highest BCUT2D eigenvalue weighted by molar-refractivity contribution is 7.99. The molecule has 0 heterocycles. The monoisotopic (exact) mass is 330 g/mol. The van der Waals surface area contributed by atoms with E-state index < -0.39 is 18.0 Å². The number of urea groups is 1. The van der Waals surface area contributed by atoms with Gasteiger partial charge in [-0.05, 0) is 17.7 Å². The van der Waals surface area contributed by atoms with Gasteiger partial charge in [0, 0.05) is 11.4 Å². The van der Waals surface area contributed by atoms with Crippen LogP contribution in [0.2, 0.25) is 0 Å². The molecule has 3 amide bonds. The molecule has 0 fully saturated rings. The van der Waals surface area contributed by atoms with E-state index in [0.717, 1.165) is 5.56 Å². The first-order chi connectivity index (χ1) is 11.1. The fourth-order valence-corrected chi connectivity index (χ4v) is 2.67. The van der Waals surface area contributed by atoms with Crippen molar-refractivity contribution in [1.82, 2.24) is 5.32 Å². The maximum absolute atomic E-state index is 11.7. The van der Waals surface area contributed by atoms with Crippen LogP contribution in [0.25, 0.3) is 0 Å². The third-order valence-electron chi connectivity index (χ3n) is 2.98. The number of para-hydroxylation sites is 1. The van der Waals surface area contributed by atoms with Crippen molar-refractivity contribution in [2.24, 2.45) is 0 Å². The van der Waals surface area contributed by atoms with Gasteiger partial charge in [-0.2, -0.15) is 0 Å². The van der Waals surface area contributed by atoms with E-state index in [1.54, 1.807) is 24.3 Å². The fourth-order valence-electron chi connectivity index (χ4n) is 1.88. The lowest BCUT2D eigenvalue weighted by atomic mass is 10.1. The summed E-state index contributed by atoms with van der Waals surface area (Å²) in [5, 5.41) is 14.8. The number of amides is 3. The molecule has 1 atom stereocenters. The molecule has 0 unspecified atom stereocenters. The van der Waals surface area contributed by atoms with E-state index in [0.29, 0.717) is 11.4 Å². The van der Waals surface area contributed by atoms with Gasteiger partial charge in [0.25, 0.3) is 0 Å². The Kier molecular flexibility index (Phi) is 6.65. The lowest BCUT2D eigenvalue weighted by molar-refractivity contribution is -0.117. The van der Waals surface area contributed by atoms with Crippen molar-refractivity contribution >= 4 is 29.4 Å². The SMILES string of the molecule is O=C(CSC[C@@H](O)c1ccccc1)NC(=O)Nc1ccccc1. The molecule has 0 saturated heterocycles.